The lowest BCUT2D eigenvalue weighted by Gasteiger charge is -2.27. The summed E-state index contributed by atoms with van der Waals surface area (Å²) in [4.78, 5) is 14.9. The normalized spacial score (nSPS) is 24.0. The van der Waals surface area contributed by atoms with E-state index in [-0.39, 0.29) is 35.7 Å². The van der Waals surface area contributed by atoms with Crippen LogP contribution in [0.2, 0.25) is 0 Å². The zero-order valence-electron chi connectivity index (χ0n) is 14.5. The second kappa shape index (κ2) is 7.04. The molecule has 1 heterocycles. The minimum atomic E-state index is -4.32. The molecule has 3 nitrogen and oxygen atoms in total. The molecule has 1 atom stereocenters. The summed E-state index contributed by atoms with van der Waals surface area (Å²) in [5.41, 5.74) is 0.319. The van der Waals surface area contributed by atoms with Gasteiger partial charge in [-0.15, -0.1) is 12.4 Å². The van der Waals surface area contributed by atoms with E-state index in [4.69, 9.17) is 0 Å². The molecular weight excluding hydrogens is 365 g/mol. The Labute approximate surface area is 157 Å². The number of nitrogens with one attached hydrogen (secondary N) is 1. The Kier molecular flexibility index (Phi) is 5.28. The molecule has 1 spiro atoms. The Morgan fingerprint density at radius 2 is 1.77 bits per heavy atom. The highest BCUT2D eigenvalue weighted by Crippen LogP contribution is 2.59. The molecule has 1 saturated heterocycles. The largest absolute Gasteiger partial charge is 0.416 e. The molecule has 1 unspecified atom stereocenters. The summed E-state index contributed by atoms with van der Waals surface area (Å²) in [6.07, 6.45) is 0.787. The van der Waals surface area contributed by atoms with Crippen LogP contribution in [0.5, 0.6) is 0 Å². The second-order valence-electron chi connectivity index (χ2n) is 7.76. The molecule has 26 heavy (non-hydrogen) atoms. The first kappa shape index (κ1) is 19.5. The first-order valence-corrected chi connectivity index (χ1v) is 9.06. The number of benzene rings is 1. The van der Waals surface area contributed by atoms with Crippen LogP contribution in [0.3, 0.4) is 0 Å². The van der Waals surface area contributed by atoms with Gasteiger partial charge in [-0.25, -0.2) is 0 Å². The van der Waals surface area contributed by atoms with Gasteiger partial charge >= 0.3 is 6.18 Å². The lowest BCUT2D eigenvalue weighted by molar-refractivity contribution is -0.138. The molecule has 7 heteroatoms. The average Bonchev–Trinajstić information content (AvgIpc) is 3.50. The molecule has 0 aromatic heterocycles. The Bertz CT molecular complexity index is 652. The van der Waals surface area contributed by atoms with Crippen LogP contribution in [0, 0.1) is 11.3 Å². The van der Waals surface area contributed by atoms with Gasteiger partial charge in [0.25, 0.3) is 0 Å². The minimum absolute atomic E-state index is 0. The van der Waals surface area contributed by atoms with Crippen LogP contribution in [0.4, 0.5) is 13.2 Å². The molecular formula is C19H24ClF3N2O. The number of amides is 1. The van der Waals surface area contributed by atoms with Crippen molar-refractivity contribution >= 4 is 18.3 Å². The second-order valence-corrected chi connectivity index (χ2v) is 7.76. The van der Waals surface area contributed by atoms with Crippen LogP contribution in [-0.4, -0.2) is 29.9 Å². The highest BCUT2D eigenvalue weighted by molar-refractivity contribution is 5.85. The number of halogens is 4. The van der Waals surface area contributed by atoms with E-state index >= 15 is 0 Å². The van der Waals surface area contributed by atoms with Crippen molar-refractivity contribution in [1.29, 1.82) is 0 Å². The highest BCUT2D eigenvalue weighted by Gasteiger charge is 2.59. The Morgan fingerprint density at radius 1 is 1.15 bits per heavy atom. The van der Waals surface area contributed by atoms with E-state index in [0.29, 0.717) is 6.54 Å². The summed E-state index contributed by atoms with van der Waals surface area (Å²) in [6.45, 7) is 2.38. The van der Waals surface area contributed by atoms with Crippen molar-refractivity contribution in [3.8, 4) is 0 Å². The molecule has 1 aromatic carbocycles. The maximum absolute atomic E-state index is 13.0. The van der Waals surface area contributed by atoms with Crippen molar-refractivity contribution in [2.45, 2.75) is 50.9 Å². The standard InChI is InChI=1S/C19H23F3N2O.ClH/c20-19(21,22)14-3-1-13(2-4-14)12-24(15-5-6-15)17(25)16-11-18(16)7-9-23-10-8-18;/h1-4,15-16,23H,5-12H2;1H. The number of hydrogen-bond donors (Lipinski definition) is 1. The van der Waals surface area contributed by atoms with E-state index in [1.54, 1.807) is 0 Å². The van der Waals surface area contributed by atoms with Crippen LogP contribution in [0.15, 0.2) is 24.3 Å². The average molecular weight is 389 g/mol. The number of nitrogens with zero attached hydrogens (tertiary/aromatic N) is 1. The molecule has 1 aromatic rings. The number of piperidine rings is 1. The summed E-state index contributed by atoms with van der Waals surface area (Å²) < 4.78 is 38.1. The van der Waals surface area contributed by atoms with Crippen molar-refractivity contribution < 1.29 is 18.0 Å². The summed E-state index contributed by atoms with van der Waals surface area (Å²) in [7, 11) is 0. The smallest absolute Gasteiger partial charge is 0.335 e. The molecule has 4 rings (SSSR count). The van der Waals surface area contributed by atoms with Crippen molar-refractivity contribution in [2.24, 2.45) is 11.3 Å². The Balaban J connectivity index is 0.00000196. The van der Waals surface area contributed by atoms with Crippen molar-refractivity contribution in [1.82, 2.24) is 10.2 Å². The highest BCUT2D eigenvalue weighted by atomic mass is 35.5. The van der Waals surface area contributed by atoms with E-state index in [1.165, 1.54) is 12.1 Å². The zero-order valence-corrected chi connectivity index (χ0v) is 15.3. The summed E-state index contributed by atoms with van der Waals surface area (Å²) >= 11 is 0. The molecule has 1 amide bonds. The van der Waals surface area contributed by atoms with Gasteiger partial charge in [-0.1, -0.05) is 12.1 Å². The fraction of sp³-hybridized carbons (Fsp3) is 0.632. The van der Waals surface area contributed by atoms with Gasteiger partial charge in [0, 0.05) is 18.5 Å². The quantitative estimate of drug-likeness (QED) is 0.845. The number of carbonyl (C=O) groups is 1. The molecule has 144 valence electrons. The molecule has 3 fully saturated rings. The Morgan fingerprint density at radius 3 is 2.31 bits per heavy atom. The number of hydrogen-bond acceptors (Lipinski definition) is 2. The van der Waals surface area contributed by atoms with Gasteiger partial charge in [-0.2, -0.15) is 13.2 Å². The van der Waals surface area contributed by atoms with Gasteiger partial charge in [0.2, 0.25) is 5.91 Å². The summed E-state index contributed by atoms with van der Waals surface area (Å²) in [5.74, 6) is 0.328. The van der Waals surface area contributed by atoms with E-state index in [2.05, 4.69) is 5.32 Å². The van der Waals surface area contributed by atoms with Gasteiger partial charge in [-0.3, -0.25) is 4.79 Å². The van der Waals surface area contributed by atoms with Crippen molar-refractivity contribution in [3.63, 3.8) is 0 Å². The zero-order chi connectivity index (χ0) is 17.7. The van der Waals surface area contributed by atoms with Crippen LogP contribution in [0.1, 0.15) is 43.2 Å². The SMILES string of the molecule is Cl.O=C(C1CC12CCNCC2)N(Cc1ccc(C(F)(F)F)cc1)C1CC1. The summed E-state index contributed by atoms with van der Waals surface area (Å²) in [5, 5.41) is 3.34. The van der Waals surface area contributed by atoms with Gasteiger partial charge in [-0.05, 0) is 68.3 Å². The molecule has 2 aliphatic carbocycles. The number of carbonyl (C=O) groups excluding carboxylic acids is 1. The van der Waals surface area contributed by atoms with E-state index < -0.39 is 11.7 Å². The number of rotatable bonds is 4. The van der Waals surface area contributed by atoms with E-state index in [1.807, 2.05) is 4.90 Å². The van der Waals surface area contributed by atoms with E-state index in [9.17, 15) is 18.0 Å². The molecule has 0 bridgehead atoms. The predicted octanol–water partition coefficient (Wildman–Crippen LogP) is 4.01. The third kappa shape index (κ3) is 3.86. The Hall–Kier alpha value is -1.27. The van der Waals surface area contributed by atoms with Gasteiger partial charge < -0.3 is 10.2 Å². The first-order valence-electron chi connectivity index (χ1n) is 9.06. The minimum Gasteiger partial charge on any atom is -0.335 e. The van der Waals surface area contributed by atoms with Gasteiger partial charge in [0.1, 0.15) is 0 Å². The molecule has 3 aliphatic rings. The third-order valence-electron chi connectivity index (χ3n) is 5.99. The van der Waals surface area contributed by atoms with E-state index in [0.717, 1.165) is 62.9 Å². The fourth-order valence-corrected chi connectivity index (χ4v) is 4.14. The van der Waals surface area contributed by atoms with Crippen molar-refractivity contribution in [3.05, 3.63) is 35.4 Å². The van der Waals surface area contributed by atoms with Gasteiger partial charge in [0.05, 0.1) is 5.56 Å². The molecule has 0 radical (unpaired) electrons. The van der Waals surface area contributed by atoms with Crippen LogP contribution in [-0.2, 0) is 17.5 Å². The van der Waals surface area contributed by atoms with Crippen LogP contribution in [0.25, 0.3) is 0 Å². The maximum Gasteiger partial charge on any atom is 0.416 e. The monoisotopic (exact) mass is 388 g/mol. The topological polar surface area (TPSA) is 32.3 Å². The van der Waals surface area contributed by atoms with Crippen LogP contribution < -0.4 is 5.32 Å². The molecule has 1 N–H and O–H groups in total. The first-order chi connectivity index (χ1) is 11.9. The lowest BCUT2D eigenvalue weighted by atomic mass is 9.91. The number of alkyl halides is 3. The molecule has 1 aliphatic heterocycles. The maximum atomic E-state index is 13.0. The molecule has 2 saturated carbocycles. The predicted molar refractivity (Wildman–Crippen MR) is 94.9 cm³/mol. The van der Waals surface area contributed by atoms with Crippen molar-refractivity contribution in [2.75, 3.05) is 13.1 Å². The summed E-state index contributed by atoms with van der Waals surface area (Å²) in [6, 6.07) is 5.48. The van der Waals surface area contributed by atoms with Gasteiger partial charge in [0.15, 0.2) is 0 Å². The lowest BCUT2D eigenvalue weighted by Crippen LogP contribution is -2.37. The third-order valence-corrected chi connectivity index (χ3v) is 5.99. The van der Waals surface area contributed by atoms with Crippen LogP contribution >= 0.6 is 12.4 Å². The fourth-order valence-electron chi connectivity index (χ4n) is 4.14.